The average molecular weight is 429 g/mol. The molecule has 0 unspecified atom stereocenters. The first-order chi connectivity index (χ1) is 14.8. The number of nitrogens with two attached hydrogens (primary N) is 1. The van der Waals surface area contributed by atoms with E-state index in [-0.39, 0.29) is 31.1 Å². The number of nitro groups is 1. The number of halogens is 1. The summed E-state index contributed by atoms with van der Waals surface area (Å²) in [4.78, 5) is 40.1. The summed E-state index contributed by atoms with van der Waals surface area (Å²) in [5.41, 5.74) is 6.69. The predicted molar refractivity (Wildman–Crippen MR) is 114 cm³/mol. The number of amides is 2. The Morgan fingerprint density at radius 1 is 1.03 bits per heavy atom. The second-order valence-electron chi connectivity index (χ2n) is 7.27. The van der Waals surface area contributed by atoms with E-state index in [9.17, 15) is 24.1 Å². The molecule has 1 aliphatic heterocycles. The van der Waals surface area contributed by atoms with Gasteiger partial charge in [-0.15, -0.1) is 0 Å². The molecule has 2 N–H and O–H groups in total. The van der Waals surface area contributed by atoms with E-state index in [2.05, 4.69) is 4.90 Å². The molecular weight excluding hydrogens is 405 g/mol. The van der Waals surface area contributed by atoms with Crippen LogP contribution in [-0.4, -0.2) is 60.9 Å². The standard InChI is InChI=1S/C21H24FN5O4/c22-16-1-3-18(4-2-16)26(10-9-20(23)28)21(29)15-24-11-13-25(14-12-24)17-5-7-19(8-6-17)27(30)31/h1-8H,9-15H2,(H2,23,28). The third-order valence-electron chi connectivity index (χ3n) is 5.18. The molecule has 1 saturated heterocycles. The van der Waals surface area contributed by atoms with E-state index in [0.29, 0.717) is 31.9 Å². The zero-order chi connectivity index (χ0) is 22.4. The van der Waals surface area contributed by atoms with Crippen LogP contribution in [0.2, 0.25) is 0 Å². The van der Waals surface area contributed by atoms with Crippen molar-refractivity contribution in [1.82, 2.24) is 4.90 Å². The zero-order valence-corrected chi connectivity index (χ0v) is 16.9. The lowest BCUT2D eigenvalue weighted by atomic mass is 10.2. The Kier molecular flexibility index (Phi) is 7.14. The highest BCUT2D eigenvalue weighted by Crippen LogP contribution is 2.21. The monoisotopic (exact) mass is 429 g/mol. The molecule has 2 aromatic carbocycles. The highest BCUT2D eigenvalue weighted by Gasteiger charge is 2.23. The van der Waals surface area contributed by atoms with E-state index in [1.165, 1.54) is 41.3 Å². The van der Waals surface area contributed by atoms with Gasteiger partial charge in [-0.1, -0.05) is 0 Å². The van der Waals surface area contributed by atoms with Crippen LogP contribution in [0.3, 0.4) is 0 Å². The van der Waals surface area contributed by atoms with Crippen molar-refractivity contribution >= 4 is 28.9 Å². The lowest BCUT2D eigenvalue weighted by molar-refractivity contribution is -0.384. The molecule has 3 rings (SSSR count). The fourth-order valence-electron chi connectivity index (χ4n) is 3.47. The van der Waals surface area contributed by atoms with Gasteiger partial charge in [-0.2, -0.15) is 0 Å². The first-order valence-electron chi connectivity index (χ1n) is 9.89. The fraction of sp³-hybridized carbons (Fsp3) is 0.333. The number of non-ortho nitro benzene ring substituents is 1. The van der Waals surface area contributed by atoms with Crippen LogP contribution in [0.1, 0.15) is 6.42 Å². The van der Waals surface area contributed by atoms with E-state index in [1.807, 2.05) is 4.90 Å². The molecule has 0 aliphatic carbocycles. The molecule has 2 aromatic rings. The largest absolute Gasteiger partial charge is 0.370 e. The number of anilines is 2. The van der Waals surface area contributed by atoms with E-state index >= 15 is 0 Å². The summed E-state index contributed by atoms with van der Waals surface area (Å²) in [6.07, 6.45) is 0.0110. The summed E-state index contributed by atoms with van der Waals surface area (Å²) < 4.78 is 13.3. The first kappa shape index (κ1) is 22.2. The second kappa shape index (κ2) is 9.98. The number of hydrogen-bond acceptors (Lipinski definition) is 6. The van der Waals surface area contributed by atoms with Crippen LogP contribution in [0.5, 0.6) is 0 Å². The molecule has 164 valence electrons. The topological polar surface area (TPSA) is 113 Å². The van der Waals surface area contributed by atoms with Crippen molar-refractivity contribution in [2.45, 2.75) is 6.42 Å². The zero-order valence-electron chi connectivity index (χ0n) is 16.9. The summed E-state index contributed by atoms with van der Waals surface area (Å²) >= 11 is 0. The third kappa shape index (κ3) is 5.98. The van der Waals surface area contributed by atoms with Crippen LogP contribution in [0.15, 0.2) is 48.5 Å². The van der Waals surface area contributed by atoms with Gasteiger partial charge in [0.1, 0.15) is 5.82 Å². The average Bonchev–Trinajstić information content (AvgIpc) is 2.75. The molecular formula is C21H24FN5O4. The normalized spacial score (nSPS) is 14.3. The van der Waals surface area contributed by atoms with Crippen molar-refractivity contribution in [3.8, 4) is 0 Å². The number of piperazine rings is 1. The van der Waals surface area contributed by atoms with Crippen LogP contribution < -0.4 is 15.5 Å². The maximum Gasteiger partial charge on any atom is 0.269 e. The van der Waals surface area contributed by atoms with Crippen LogP contribution in [-0.2, 0) is 9.59 Å². The minimum absolute atomic E-state index is 0.0110. The van der Waals surface area contributed by atoms with E-state index in [4.69, 9.17) is 5.73 Å². The number of nitrogens with zero attached hydrogens (tertiary/aromatic N) is 4. The number of carbonyl (C=O) groups excluding carboxylic acids is 2. The Morgan fingerprint density at radius 3 is 2.19 bits per heavy atom. The number of nitro benzene ring substituents is 1. The van der Waals surface area contributed by atoms with Gasteiger partial charge in [-0.3, -0.25) is 24.6 Å². The SMILES string of the molecule is NC(=O)CCN(C(=O)CN1CCN(c2ccc([N+](=O)[O-])cc2)CC1)c1ccc(F)cc1. The van der Waals surface area contributed by atoms with Gasteiger partial charge in [0.05, 0.1) is 11.5 Å². The molecule has 0 aromatic heterocycles. The number of rotatable bonds is 8. The number of primary amides is 1. The predicted octanol–water partition coefficient (Wildman–Crippen LogP) is 1.76. The Balaban J connectivity index is 1.59. The number of benzene rings is 2. The number of hydrogen-bond donors (Lipinski definition) is 1. The molecule has 9 nitrogen and oxygen atoms in total. The Bertz CT molecular complexity index is 928. The molecule has 10 heteroatoms. The van der Waals surface area contributed by atoms with Gasteiger partial charge >= 0.3 is 0 Å². The van der Waals surface area contributed by atoms with Crippen molar-refractivity contribution in [1.29, 1.82) is 0 Å². The van der Waals surface area contributed by atoms with Crippen molar-refractivity contribution in [2.75, 3.05) is 49.1 Å². The molecule has 2 amide bonds. The fourth-order valence-corrected chi connectivity index (χ4v) is 3.47. The smallest absolute Gasteiger partial charge is 0.269 e. The molecule has 0 radical (unpaired) electrons. The summed E-state index contributed by atoms with van der Waals surface area (Å²) in [5, 5.41) is 10.8. The molecule has 31 heavy (non-hydrogen) atoms. The van der Waals surface area contributed by atoms with E-state index < -0.39 is 16.6 Å². The van der Waals surface area contributed by atoms with Crippen molar-refractivity contribution in [2.24, 2.45) is 5.73 Å². The summed E-state index contributed by atoms with van der Waals surface area (Å²) in [6, 6.07) is 11.9. The van der Waals surface area contributed by atoms with Gasteiger partial charge in [-0.05, 0) is 36.4 Å². The Labute approximate surface area is 179 Å². The molecule has 1 aliphatic rings. The lowest BCUT2D eigenvalue weighted by Gasteiger charge is -2.36. The highest BCUT2D eigenvalue weighted by molar-refractivity contribution is 5.95. The lowest BCUT2D eigenvalue weighted by Crippen LogP contribution is -2.50. The van der Waals surface area contributed by atoms with Gasteiger partial charge < -0.3 is 15.5 Å². The minimum atomic E-state index is -0.517. The molecule has 0 saturated carbocycles. The third-order valence-corrected chi connectivity index (χ3v) is 5.18. The van der Waals surface area contributed by atoms with E-state index in [0.717, 1.165) is 5.69 Å². The molecule has 0 bridgehead atoms. The Hall–Kier alpha value is -3.53. The van der Waals surface area contributed by atoms with Gasteiger partial charge in [0.15, 0.2) is 0 Å². The quantitative estimate of drug-likeness (QED) is 0.505. The molecule has 0 atom stereocenters. The maximum atomic E-state index is 13.3. The Morgan fingerprint density at radius 2 is 1.65 bits per heavy atom. The van der Waals surface area contributed by atoms with Gasteiger partial charge in [-0.25, -0.2) is 4.39 Å². The van der Waals surface area contributed by atoms with Crippen molar-refractivity contribution < 1.29 is 18.9 Å². The molecule has 1 fully saturated rings. The van der Waals surface area contributed by atoms with Gasteiger partial charge in [0.25, 0.3) is 5.69 Å². The van der Waals surface area contributed by atoms with Gasteiger partial charge in [0, 0.05) is 62.7 Å². The highest BCUT2D eigenvalue weighted by atomic mass is 19.1. The van der Waals surface area contributed by atoms with Crippen LogP contribution >= 0.6 is 0 Å². The molecule has 1 heterocycles. The summed E-state index contributed by atoms with van der Waals surface area (Å²) in [7, 11) is 0. The van der Waals surface area contributed by atoms with E-state index in [1.54, 1.807) is 12.1 Å². The maximum absolute atomic E-state index is 13.3. The van der Waals surface area contributed by atoms with Gasteiger partial charge in [0.2, 0.25) is 11.8 Å². The number of carbonyl (C=O) groups is 2. The minimum Gasteiger partial charge on any atom is -0.370 e. The van der Waals surface area contributed by atoms with Crippen LogP contribution in [0.25, 0.3) is 0 Å². The van der Waals surface area contributed by atoms with Crippen molar-refractivity contribution in [3.63, 3.8) is 0 Å². The summed E-state index contributed by atoms with van der Waals surface area (Å²) in [6.45, 7) is 2.89. The summed E-state index contributed by atoms with van der Waals surface area (Å²) in [5.74, 6) is -1.12. The van der Waals surface area contributed by atoms with Crippen molar-refractivity contribution in [3.05, 3.63) is 64.5 Å². The molecule has 0 spiro atoms. The second-order valence-corrected chi connectivity index (χ2v) is 7.27. The van der Waals surface area contributed by atoms with Crippen LogP contribution in [0, 0.1) is 15.9 Å². The first-order valence-corrected chi connectivity index (χ1v) is 9.89. The van der Waals surface area contributed by atoms with Crippen LogP contribution in [0.4, 0.5) is 21.5 Å².